The van der Waals surface area contributed by atoms with Gasteiger partial charge in [-0.3, -0.25) is 0 Å². The number of rotatable bonds is 5. The molecule has 0 aliphatic rings. The monoisotopic (exact) mass is 277 g/mol. The Morgan fingerprint density at radius 3 is 2.76 bits per heavy atom. The maximum atomic E-state index is 8.46. The molecule has 0 bridgehead atoms. The Balaban J connectivity index is 1.62. The fourth-order valence-electron chi connectivity index (χ4n) is 2.19. The largest absolute Gasteiger partial charge is 0.479 e. The molecule has 2 N–H and O–H groups in total. The Labute approximate surface area is 123 Å². The number of ether oxygens (including phenoxy) is 1. The Morgan fingerprint density at radius 2 is 1.95 bits per heavy atom. The average Bonchev–Trinajstić information content (AvgIpc) is 2.99. The van der Waals surface area contributed by atoms with Gasteiger partial charge in [-0.25, -0.2) is 0 Å². The second-order valence-electron chi connectivity index (χ2n) is 4.72. The third-order valence-electron chi connectivity index (χ3n) is 3.27. The molecule has 0 spiro atoms. The van der Waals surface area contributed by atoms with Gasteiger partial charge in [0, 0.05) is 23.9 Å². The lowest BCUT2D eigenvalue weighted by Gasteiger charge is -2.08. The van der Waals surface area contributed by atoms with Crippen molar-refractivity contribution in [3.8, 4) is 11.8 Å². The van der Waals surface area contributed by atoms with Crippen LogP contribution in [0.1, 0.15) is 5.56 Å². The first-order valence-corrected chi connectivity index (χ1v) is 6.75. The molecule has 4 nitrogen and oxygen atoms in total. The number of H-pyrrole nitrogens is 1. The lowest BCUT2D eigenvalue weighted by Crippen LogP contribution is -1.99. The SMILES string of the molecule is N#CCOc1ccc(NCc2ccc3cc[nH]c3c2)cc1. The highest BCUT2D eigenvalue weighted by Crippen LogP contribution is 2.18. The maximum Gasteiger partial charge on any atom is 0.174 e. The number of aromatic nitrogens is 1. The molecule has 3 aromatic rings. The van der Waals surface area contributed by atoms with Crippen molar-refractivity contribution in [3.63, 3.8) is 0 Å². The molecule has 3 rings (SSSR count). The van der Waals surface area contributed by atoms with Gasteiger partial charge in [0.15, 0.2) is 6.61 Å². The molecule has 2 aromatic carbocycles. The van der Waals surface area contributed by atoms with Crippen molar-refractivity contribution in [2.45, 2.75) is 6.54 Å². The molecule has 0 atom stereocenters. The van der Waals surface area contributed by atoms with Crippen molar-refractivity contribution in [2.75, 3.05) is 11.9 Å². The van der Waals surface area contributed by atoms with E-state index in [9.17, 15) is 0 Å². The summed E-state index contributed by atoms with van der Waals surface area (Å²) in [6.07, 6.45) is 1.95. The summed E-state index contributed by atoms with van der Waals surface area (Å²) in [6, 6.07) is 18.0. The smallest absolute Gasteiger partial charge is 0.174 e. The molecule has 0 saturated heterocycles. The zero-order chi connectivity index (χ0) is 14.5. The molecule has 0 aliphatic heterocycles. The van der Waals surface area contributed by atoms with Gasteiger partial charge in [-0.2, -0.15) is 5.26 Å². The number of aromatic amines is 1. The van der Waals surface area contributed by atoms with Gasteiger partial charge in [-0.05, 0) is 47.3 Å². The van der Waals surface area contributed by atoms with Crippen molar-refractivity contribution in [1.82, 2.24) is 4.98 Å². The first kappa shape index (κ1) is 13.1. The Hall–Kier alpha value is -2.93. The lowest BCUT2D eigenvalue weighted by atomic mass is 10.1. The van der Waals surface area contributed by atoms with E-state index in [1.54, 1.807) is 0 Å². The van der Waals surface area contributed by atoms with Crippen molar-refractivity contribution in [1.29, 1.82) is 5.26 Å². The first-order chi connectivity index (χ1) is 10.3. The van der Waals surface area contributed by atoms with Crippen LogP contribution in [0.5, 0.6) is 5.75 Å². The molecular weight excluding hydrogens is 262 g/mol. The van der Waals surface area contributed by atoms with Gasteiger partial charge in [0.05, 0.1) is 0 Å². The molecule has 0 fully saturated rings. The zero-order valence-corrected chi connectivity index (χ0v) is 11.5. The third-order valence-corrected chi connectivity index (χ3v) is 3.27. The van der Waals surface area contributed by atoms with Crippen LogP contribution in [-0.4, -0.2) is 11.6 Å². The molecule has 21 heavy (non-hydrogen) atoms. The van der Waals surface area contributed by atoms with Gasteiger partial charge in [0.1, 0.15) is 11.8 Å². The summed E-state index contributed by atoms with van der Waals surface area (Å²) in [5.74, 6) is 0.704. The Bertz CT molecular complexity index is 769. The molecule has 4 heteroatoms. The minimum Gasteiger partial charge on any atom is -0.479 e. The molecule has 0 aliphatic carbocycles. The van der Waals surface area contributed by atoms with Crippen LogP contribution in [0.2, 0.25) is 0 Å². The molecule has 1 heterocycles. The summed E-state index contributed by atoms with van der Waals surface area (Å²) in [5, 5.41) is 13.0. The highest BCUT2D eigenvalue weighted by atomic mass is 16.5. The minimum absolute atomic E-state index is 0.0724. The third kappa shape index (κ3) is 3.15. The van der Waals surface area contributed by atoms with Crippen LogP contribution in [0.15, 0.2) is 54.7 Å². The van der Waals surface area contributed by atoms with E-state index in [1.165, 1.54) is 10.9 Å². The van der Waals surface area contributed by atoms with Gasteiger partial charge < -0.3 is 15.0 Å². The summed E-state index contributed by atoms with van der Waals surface area (Å²) >= 11 is 0. The van der Waals surface area contributed by atoms with Gasteiger partial charge in [-0.15, -0.1) is 0 Å². The number of hydrogen-bond acceptors (Lipinski definition) is 3. The van der Waals surface area contributed by atoms with Crippen molar-refractivity contribution in [3.05, 3.63) is 60.3 Å². The van der Waals surface area contributed by atoms with Crippen LogP contribution >= 0.6 is 0 Å². The van der Waals surface area contributed by atoms with Gasteiger partial charge in [0.25, 0.3) is 0 Å². The second kappa shape index (κ2) is 6.02. The number of nitrogens with one attached hydrogen (secondary N) is 2. The van der Waals surface area contributed by atoms with Gasteiger partial charge in [0.2, 0.25) is 0 Å². The summed E-state index contributed by atoms with van der Waals surface area (Å²) in [4.78, 5) is 3.21. The molecule has 0 radical (unpaired) electrons. The van der Waals surface area contributed by atoms with E-state index in [4.69, 9.17) is 10.00 Å². The van der Waals surface area contributed by atoms with E-state index >= 15 is 0 Å². The van der Waals surface area contributed by atoms with Crippen LogP contribution in [-0.2, 0) is 6.54 Å². The average molecular weight is 277 g/mol. The molecule has 0 saturated carbocycles. The summed E-state index contributed by atoms with van der Waals surface area (Å²) in [5.41, 5.74) is 3.38. The Morgan fingerprint density at radius 1 is 1.10 bits per heavy atom. The van der Waals surface area contributed by atoms with Crippen LogP contribution in [0, 0.1) is 11.3 Å². The van der Waals surface area contributed by atoms with E-state index in [-0.39, 0.29) is 6.61 Å². The number of benzene rings is 2. The van der Waals surface area contributed by atoms with E-state index in [0.717, 1.165) is 17.7 Å². The summed E-state index contributed by atoms with van der Waals surface area (Å²) < 4.78 is 5.22. The molecule has 0 amide bonds. The van der Waals surface area contributed by atoms with E-state index in [1.807, 2.05) is 36.5 Å². The topological polar surface area (TPSA) is 60.8 Å². The van der Waals surface area contributed by atoms with E-state index < -0.39 is 0 Å². The van der Waals surface area contributed by atoms with E-state index in [0.29, 0.717) is 5.75 Å². The highest BCUT2D eigenvalue weighted by Gasteiger charge is 1.99. The highest BCUT2D eigenvalue weighted by molar-refractivity contribution is 5.79. The Kier molecular flexibility index (Phi) is 3.74. The molecule has 0 unspecified atom stereocenters. The lowest BCUT2D eigenvalue weighted by molar-refractivity contribution is 0.368. The van der Waals surface area contributed by atoms with Gasteiger partial charge >= 0.3 is 0 Å². The maximum absolute atomic E-state index is 8.46. The standard InChI is InChI=1S/C17H15N3O/c18-8-10-21-16-5-3-15(4-6-16)20-12-13-1-2-14-7-9-19-17(14)11-13/h1-7,9,11,19-20H,10,12H2. The zero-order valence-electron chi connectivity index (χ0n) is 11.5. The van der Waals surface area contributed by atoms with Crippen molar-refractivity contribution < 1.29 is 4.74 Å². The van der Waals surface area contributed by atoms with Gasteiger partial charge in [-0.1, -0.05) is 12.1 Å². The minimum atomic E-state index is 0.0724. The second-order valence-corrected chi connectivity index (χ2v) is 4.72. The van der Waals surface area contributed by atoms with Crippen molar-refractivity contribution in [2.24, 2.45) is 0 Å². The molecule has 104 valence electrons. The van der Waals surface area contributed by atoms with Crippen LogP contribution in [0.3, 0.4) is 0 Å². The predicted octanol–water partition coefficient (Wildman–Crippen LogP) is 3.68. The number of anilines is 1. The van der Waals surface area contributed by atoms with Crippen LogP contribution < -0.4 is 10.1 Å². The van der Waals surface area contributed by atoms with Crippen LogP contribution in [0.25, 0.3) is 10.9 Å². The predicted molar refractivity (Wildman–Crippen MR) is 83.2 cm³/mol. The first-order valence-electron chi connectivity index (χ1n) is 6.75. The number of hydrogen-bond donors (Lipinski definition) is 2. The van der Waals surface area contributed by atoms with Crippen LogP contribution in [0.4, 0.5) is 5.69 Å². The summed E-state index contributed by atoms with van der Waals surface area (Å²) in [7, 11) is 0. The quantitative estimate of drug-likeness (QED) is 0.747. The van der Waals surface area contributed by atoms with E-state index in [2.05, 4.69) is 34.6 Å². The number of nitriles is 1. The molecular formula is C17H15N3O. The van der Waals surface area contributed by atoms with Crippen molar-refractivity contribution >= 4 is 16.6 Å². The fraction of sp³-hybridized carbons (Fsp3) is 0.118. The normalized spacial score (nSPS) is 10.2. The summed E-state index contributed by atoms with van der Waals surface area (Å²) in [6.45, 7) is 0.830. The number of fused-ring (bicyclic) bond motifs is 1. The fourth-order valence-corrected chi connectivity index (χ4v) is 2.19. The number of nitrogens with zero attached hydrogens (tertiary/aromatic N) is 1. The molecule has 1 aromatic heterocycles.